The van der Waals surface area contributed by atoms with Crippen molar-refractivity contribution >= 4 is 37.5 Å². The Balaban J connectivity index is 1.95. The van der Waals surface area contributed by atoms with Crippen LogP contribution in [0.2, 0.25) is 0 Å². The van der Waals surface area contributed by atoms with Gasteiger partial charge in [0.1, 0.15) is 0 Å². The second-order valence-corrected chi connectivity index (χ2v) is 8.23. The molecule has 21 heavy (non-hydrogen) atoms. The molecule has 2 rings (SSSR count). The van der Waals surface area contributed by atoms with Crippen molar-refractivity contribution in [1.82, 2.24) is 4.31 Å². The Kier molecular flexibility index (Phi) is 5.06. The maximum Gasteiger partial charge on any atom is 0.227 e. The lowest BCUT2D eigenvalue weighted by molar-refractivity contribution is -0.120. The Labute approximate surface area is 133 Å². The molecule has 116 valence electrons. The van der Waals surface area contributed by atoms with Gasteiger partial charge in [0.05, 0.1) is 6.26 Å². The molecule has 0 spiro atoms. The van der Waals surface area contributed by atoms with Crippen LogP contribution in [-0.2, 0) is 14.8 Å². The van der Waals surface area contributed by atoms with Crippen molar-refractivity contribution in [1.29, 1.82) is 0 Å². The van der Waals surface area contributed by atoms with E-state index in [0.29, 0.717) is 25.9 Å². The second-order valence-electron chi connectivity index (χ2n) is 5.39. The number of nitrogens with zero attached hydrogens (tertiary/aromatic N) is 1. The van der Waals surface area contributed by atoms with E-state index in [4.69, 9.17) is 0 Å². The highest BCUT2D eigenvalue weighted by molar-refractivity contribution is 9.10. The molecule has 5 nitrogen and oxygen atoms in total. The number of aryl methyl sites for hydroxylation is 1. The van der Waals surface area contributed by atoms with Gasteiger partial charge in [0, 0.05) is 29.2 Å². The van der Waals surface area contributed by atoms with E-state index in [1.807, 2.05) is 25.1 Å². The summed E-state index contributed by atoms with van der Waals surface area (Å²) in [6, 6.07) is 5.66. The van der Waals surface area contributed by atoms with Crippen LogP contribution in [-0.4, -0.2) is 38.0 Å². The van der Waals surface area contributed by atoms with E-state index in [0.717, 1.165) is 15.7 Å². The van der Waals surface area contributed by atoms with Crippen LogP contribution >= 0.6 is 15.9 Å². The van der Waals surface area contributed by atoms with Gasteiger partial charge in [0.2, 0.25) is 15.9 Å². The number of sulfonamides is 1. The Morgan fingerprint density at radius 1 is 1.33 bits per heavy atom. The number of halogens is 1. The topological polar surface area (TPSA) is 66.5 Å². The molecule has 0 radical (unpaired) electrons. The van der Waals surface area contributed by atoms with E-state index in [2.05, 4.69) is 21.2 Å². The maximum atomic E-state index is 12.2. The zero-order chi connectivity index (χ0) is 15.6. The fourth-order valence-corrected chi connectivity index (χ4v) is 3.54. The summed E-state index contributed by atoms with van der Waals surface area (Å²) in [7, 11) is -3.15. The van der Waals surface area contributed by atoms with Crippen molar-refractivity contribution in [3.05, 3.63) is 28.2 Å². The van der Waals surface area contributed by atoms with Gasteiger partial charge in [-0.2, -0.15) is 0 Å². The minimum absolute atomic E-state index is 0.0372. The predicted octanol–water partition coefficient (Wildman–Crippen LogP) is 2.37. The van der Waals surface area contributed by atoms with Crippen LogP contribution in [0.25, 0.3) is 0 Å². The fraction of sp³-hybridized carbons (Fsp3) is 0.500. The van der Waals surface area contributed by atoms with Crippen molar-refractivity contribution in [3.63, 3.8) is 0 Å². The number of anilines is 1. The van der Waals surface area contributed by atoms with Crippen LogP contribution in [0.15, 0.2) is 22.7 Å². The van der Waals surface area contributed by atoms with E-state index >= 15 is 0 Å². The Hall–Kier alpha value is -0.920. The molecule has 0 saturated carbocycles. The minimum Gasteiger partial charge on any atom is -0.326 e. The van der Waals surface area contributed by atoms with Gasteiger partial charge in [-0.15, -0.1) is 0 Å². The first-order valence-electron chi connectivity index (χ1n) is 6.79. The highest BCUT2D eigenvalue weighted by Gasteiger charge is 2.28. The Morgan fingerprint density at radius 3 is 2.48 bits per heavy atom. The number of carbonyl (C=O) groups is 1. The lowest BCUT2D eigenvalue weighted by atomic mass is 9.97. The van der Waals surface area contributed by atoms with Crippen LogP contribution in [0.3, 0.4) is 0 Å². The fourth-order valence-electron chi connectivity index (χ4n) is 2.42. The largest absolute Gasteiger partial charge is 0.326 e. The molecule has 0 unspecified atom stereocenters. The summed E-state index contributed by atoms with van der Waals surface area (Å²) < 4.78 is 25.3. The number of hydrogen-bond donors (Lipinski definition) is 1. The van der Waals surface area contributed by atoms with Crippen LogP contribution in [0, 0.1) is 12.8 Å². The predicted molar refractivity (Wildman–Crippen MR) is 86.6 cm³/mol. The summed E-state index contributed by atoms with van der Waals surface area (Å²) in [6.45, 7) is 2.79. The van der Waals surface area contributed by atoms with Crippen LogP contribution < -0.4 is 5.32 Å². The van der Waals surface area contributed by atoms with Gasteiger partial charge in [0.25, 0.3) is 0 Å². The van der Waals surface area contributed by atoms with E-state index in [1.165, 1.54) is 10.6 Å². The summed E-state index contributed by atoms with van der Waals surface area (Å²) in [4.78, 5) is 12.2. The van der Waals surface area contributed by atoms with Crippen LogP contribution in [0.4, 0.5) is 5.69 Å². The third-order valence-electron chi connectivity index (χ3n) is 3.72. The number of benzene rings is 1. The smallest absolute Gasteiger partial charge is 0.227 e. The molecular weight excluding hydrogens is 356 g/mol. The zero-order valence-electron chi connectivity index (χ0n) is 12.1. The molecule has 7 heteroatoms. The molecule has 0 atom stereocenters. The van der Waals surface area contributed by atoms with Crippen molar-refractivity contribution in [2.24, 2.45) is 5.92 Å². The highest BCUT2D eigenvalue weighted by Crippen LogP contribution is 2.23. The first-order chi connectivity index (χ1) is 9.77. The molecule has 0 bridgehead atoms. The lowest BCUT2D eigenvalue weighted by Gasteiger charge is -2.29. The Morgan fingerprint density at radius 2 is 1.95 bits per heavy atom. The van der Waals surface area contributed by atoms with Gasteiger partial charge in [-0.05, 0) is 43.5 Å². The average Bonchev–Trinajstić information content (AvgIpc) is 2.42. The molecule has 1 N–H and O–H groups in total. The molecule has 1 aromatic carbocycles. The SMILES string of the molecule is Cc1cc(NC(=O)C2CCN(S(C)(=O)=O)CC2)ccc1Br. The first-order valence-corrected chi connectivity index (χ1v) is 9.43. The molecule has 1 fully saturated rings. The molecule has 1 aromatic rings. The van der Waals surface area contributed by atoms with Crippen molar-refractivity contribution in [3.8, 4) is 0 Å². The molecule has 1 amide bonds. The van der Waals surface area contributed by atoms with Gasteiger partial charge >= 0.3 is 0 Å². The monoisotopic (exact) mass is 374 g/mol. The maximum absolute atomic E-state index is 12.2. The summed E-state index contributed by atoms with van der Waals surface area (Å²) >= 11 is 3.42. The first kappa shape index (κ1) is 16.5. The standard InChI is InChI=1S/C14H19BrN2O3S/c1-10-9-12(3-4-13(10)15)16-14(18)11-5-7-17(8-6-11)21(2,19)20/h3-4,9,11H,5-8H2,1-2H3,(H,16,18). The van der Waals surface area contributed by atoms with Crippen molar-refractivity contribution in [2.45, 2.75) is 19.8 Å². The second kappa shape index (κ2) is 6.46. The van der Waals surface area contributed by atoms with Crippen LogP contribution in [0.1, 0.15) is 18.4 Å². The van der Waals surface area contributed by atoms with Crippen molar-refractivity contribution < 1.29 is 13.2 Å². The summed E-state index contributed by atoms with van der Waals surface area (Å²) in [5.41, 5.74) is 1.82. The van der Waals surface area contributed by atoms with E-state index in [-0.39, 0.29) is 11.8 Å². The van der Waals surface area contributed by atoms with Gasteiger partial charge in [-0.25, -0.2) is 12.7 Å². The third-order valence-corrected chi connectivity index (χ3v) is 5.91. The number of rotatable bonds is 3. The number of hydrogen-bond acceptors (Lipinski definition) is 3. The number of piperidine rings is 1. The molecule has 0 aromatic heterocycles. The molecule has 1 heterocycles. The molecular formula is C14H19BrN2O3S. The number of amides is 1. The molecule has 1 aliphatic rings. The van der Waals surface area contributed by atoms with Gasteiger partial charge in [0.15, 0.2) is 0 Å². The van der Waals surface area contributed by atoms with Gasteiger partial charge < -0.3 is 5.32 Å². The Bertz CT molecular complexity index is 638. The third kappa shape index (κ3) is 4.28. The van der Waals surface area contributed by atoms with E-state index in [1.54, 1.807) is 0 Å². The summed E-state index contributed by atoms with van der Waals surface area (Å²) in [6.07, 6.45) is 2.33. The highest BCUT2D eigenvalue weighted by atomic mass is 79.9. The minimum atomic E-state index is -3.15. The van der Waals surface area contributed by atoms with E-state index in [9.17, 15) is 13.2 Å². The lowest BCUT2D eigenvalue weighted by Crippen LogP contribution is -2.40. The molecule has 1 saturated heterocycles. The van der Waals surface area contributed by atoms with Crippen LogP contribution in [0.5, 0.6) is 0 Å². The van der Waals surface area contributed by atoms with Crippen molar-refractivity contribution in [2.75, 3.05) is 24.7 Å². The number of carbonyl (C=O) groups excluding carboxylic acids is 1. The van der Waals surface area contributed by atoms with Gasteiger partial charge in [-0.1, -0.05) is 15.9 Å². The molecule has 1 aliphatic heterocycles. The molecule has 0 aliphatic carbocycles. The zero-order valence-corrected chi connectivity index (χ0v) is 14.5. The van der Waals surface area contributed by atoms with Gasteiger partial charge in [-0.3, -0.25) is 4.79 Å². The summed E-state index contributed by atoms with van der Waals surface area (Å²) in [5.74, 6) is -0.170. The van der Waals surface area contributed by atoms with E-state index < -0.39 is 10.0 Å². The number of nitrogens with one attached hydrogen (secondary N) is 1. The summed E-state index contributed by atoms with van der Waals surface area (Å²) in [5, 5.41) is 2.91. The quantitative estimate of drug-likeness (QED) is 0.882. The average molecular weight is 375 g/mol. The normalized spacial score (nSPS) is 17.7.